The lowest BCUT2D eigenvalue weighted by Crippen LogP contribution is -2.61. The van der Waals surface area contributed by atoms with Gasteiger partial charge in [0.1, 0.15) is 91.6 Å². The molecule has 0 amide bonds. The Morgan fingerprint density at radius 3 is 0.940 bits per heavy atom. The Hall–Kier alpha value is -8.25. The second-order valence-electron chi connectivity index (χ2n) is 21.5. The van der Waals surface area contributed by atoms with Crippen LogP contribution in [0.2, 0.25) is 0 Å². The summed E-state index contributed by atoms with van der Waals surface area (Å²) in [5.41, 5.74) is -0.123. The van der Waals surface area contributed by atoms with E-state index < -0.39 is 192 Å². The monoisotopic (exact) mass is 1440 g/mol. The lowest BCUT2D eigenvalue weighted by atomic mass is 9.99. The summed E-state index contributed by atoms with van der Waals surface area (Å²) in [7, 11) is 6.26. The van der Waals surface area contributed by atoms with Crippen LogP contribution in [0.25, 0.3) is 0 Å². The smallest absolute Gasteiger partial charge is 0.337 e. The van der Waals surface area contributed by atoms with Crippen molar-refractivity contribution in [2.24, 2.45) is 0 Å². The predicted molar refractivity (Wildman–Crippen MR) is 320 cm³/mol. The topological polar surface area (TPSA) is 650 Å². The summed E-state index contributed by atoms with van der Waals surface area (Å²) in [4.78, 5) is 56.0. The van der Waals surface area contributed by atoms with Gasteiger partial charge in [-0.25, -0.2) is 24.0 Å². The van der Waals surface area contributed by atoms with Gasteiger partial charge in [-0.15, -0.1) is 0 Å². The first-order valence-corrected chi connectivity index (χ1v) is 29.2. The predicted octanol–water partition coefficient (Wildman–Crippen LogP) is -7.05. The number of aliphatic carboxylic acids is 1. The molecule has 0 saturated carbocycles. The van der Waals surface area contributed by atoms with E-state index in [0.29, 0.717) is 0 Å². The average molecular weight is 1440 g/mol. The number of aromatic carboxylic acids is 3. The Labute approximate surface area is 563 Å². The standard InChI is InChI=1S/C16H22O10.C15H18O11.C15H20O10.C14H18O9/c1-23-9-4-7(15(22)24-2)3-8(5-17)14(9)26-16-13(21)12(20)11(19)10(6-18)25-16;1-24-7-3-5(13(20)21)2-6(4-16)11(7)25-15-10(19)8(17)9(18)12(26-15)14(22)23;1-23-8-3-6(14(21)22)2-7(4-16)13(8)25-15-12(20)11(19)10(18)9(5-17)24-15;1-21-8-4-6(13(19)20)2-3-7(8)22-14-12(18)11(17)10(16)9(5-15)23-14/h3-4,10-13,16-21H,5-6H2,1-2H3;2-3,8-10,12,15-19H,4H2,1H3,(H,20,21)(H,22,23);2-3,9-12,15-20H,4-5H2,1H3,(H,21,22);2-4,9-12,14-18H,5H2,1H3,(H,19,20)/t10-,11-,12+,13-,16+;8-,9-,10+,12-,15+;9-,10-,11+,12-,15+;9-,10-,11+,12-,14-/m1011/s1. The van der Waals surface area contributed by atoms with Gasteiger partial charge in [-0.3, -0.25) is 0 Å². The molecule has 4 fully saturated rings. The van der Waals surface area contributed by atoms with Crippen LogP contribution >= 0.6 is 0 Å². The lowest BCUT2D eigenvalue weighted by Gasteiger charge is -2.39. The van der Waals surface area contributed by atoms with Crippen molar-refractivity contribution < 1.29 is 198 Å². The van der Waals surface area contributed by atoms with Crippen molar-refractivity contribution >= 4 is 29.8 Å². The molecule has 4 saturated heterocycles. The number of hydrogen-bond donors (Lipinski definition) is 22. The van der Waals surface area contributed by atoms with Gasteiger partial charge in [-0.1, -0.05) is 0 Å². The van der Waals surface area contributed by atoms with Gasteiger partial charge in [-0.05, 0) is 54.6 Å². The minimum atomic E-state index is -1.89. The van der Waals surface area contributed by atoms with Gasteiger partial charge in [0.2, 0.25) is 25.2 Å². The maximum atomic E-state index is 11.7. The Morgan fingerprint density at radius 2 is 0.640 bits per heavy atom. The number of methoxy groups -OCH3 is 5. The SMILES string of the molecule is COC(=O)c1cc(CO)c(O[C@@H]2O[C@H](CO)[C@@H](O)[C@H](O)[C@H]2O)c(OC)c1.COc1cc(C(=O)O)cc(CO)c1O[C@@H]1O[C@H](C(=O)O)[C@@H](O)[C@H](O)[C@H]1O.COc1cc(C(=O)O)cc(CO)c1O[C@@H]1O[C@H](CO)[C@@H](O)[C@H](O)[C@H]1O.COc1cc(C(=O)O)ccc1O[C@@H]1O[C@H](CO)[C@@H](O)[C@H](O)[C@H]1O. The largest absolute Gasteiger partial charge is 0.493 e. The van der Waals surface area contributed by atoms with Gasteiger partial charge < -0.3 is 174 Å². The molecule has 4 heterocycles. The third kappa shape index (κ3) is 19.4. The molecular weight excluding hydrogens is 1360 g/mol. The number of carboxylic acids is 4. The Bertz CT molecular complexity index is 3290. The summed E-state index contributed by atoms with van der Waals surface area (Å²) < 4.78 is 67.3. The number of aliphatic hydroxyl groups excluding tert-OH is 18. The molecule has 0 aromatic heterocycles. The van der Waals surface area contributed by atoms with Gasteiger partial charge in [-0.2, -0.15) is 0 Å². The molecule has 40 heteroatoms. The van der Waals surface area contributed by atoms with Crippen molar-refractivity contribution in [3.63, 3.8) is 0 Å². The number of benzene rings is 4. The van der Waals surface area contributed by atoms with Crippen LogP contribution in [-0.2, 0) is 48.3 Å². The van der Waals surface area contributed by atoms with Crippen LogP contribution < -0.4 is 37.9 Å². The molecule has 20 atom stereocenters. The number of esters is 1. The zero-order valence-corrected chi connectivity index (χ0v) is 53.2. The third-order valence-corrected chi connectivity index (χ3v) is 15.2. The summed E-state index contributed by atoms with van der Waals surface area (Å²) in [6.45, 7) is -3.62. The van der Waals surface area contributed by atoms with E-state index in [1.807, 2.05) is 0 Å². The zero-order chi connectivity index (χ0) is 74.9. The molecule has 8 rings (SSSR count). The van der Waals surface area contributed by atoms with Crippen LogP contribution in [0.1, 0.15) is 58.1 Å². The molecule has 0 radical (unpaired) electrons. The summed E-state index contributed by atoms with van der Waals surface area (Å²) in [5, 5.41) is 210. The van der Waals surface area contributed by atoms with E-state index in [9.17, 15) is 111 Å². The fourth-order valence-corrected chi connectivity index (χ4v) is 9.69. The second-order valence-corrected chi connectivity index (χ2v) is 21.5. The average Bonchev–Trinajstić information content (AvgIpc) is 0.806. The molecule has 22 N–H and O–H groups in total. The quantitative estimate of drug-likeness (QED) is 0.0307. The number of aliphatic hydroxyl groups is 18. The highest BCUT2D eigenvalue weighted by Crippen LogP contribution is 2.40. The summed E-state index contributed by atoms with van der Waals surface area (Å²) in [6.07, 6.45) is -31.3. The maximum absolute atomic E-state index is 11.7. The number of carbonyl (C=O) groups excluding carboxylic acids is 1. The van der Waals surface area contributed by atoms with Crippen LogP contribution in [0, 0.1) is 0 Å². The van der Waals surface area contributed by atoms with Gasteiger partial charge in [0, 0.05) is 16.7 Å². The minimum Gasteiger partial charge on any atom is -0.493 e. The maximum Gasteiger partial charge on any atom is 0.337 e. The first-order valence-electron chi connectivity index (χ1n) is 29.2. The molecule has 100 heavy (non-hydrogen) atoms. The Morgan fingerprint density at radius 1 is 0.340 bits per heavy atom. The minimum absolute atomic E-state index is 0.0250. The van der Waals surface area contributed by atoms with E-state index in [4.69, 9.17) is 82.4 Å². The third-order valence-electron chi connectivity index (χ3n) is 15.2. The number of hydrogen-bond acceptors (Lipinski definition) is 36. The highest BCUT2D eigenvalue weighted by molar-refractivity contribution is 5.91. The van der Waals surface area contributed by atoms with Crippen molar-refractivity contribution in [2.45, 2.75) is 143 Å². The first kappa shape index (κ1) is 82.4. The van der Waals surface area contributed by atoms with E-state index in [1.54, 1.807) is 0 Å². The van der Waals surface area contributed by atoms with E-state index >= 15 is 0 Å². The summed E-state index contributed by atoms with van der Waals surface area (Å²) in [6, 6.07) is 10.9. The number of carbonyl (C=O) groups is 5. The number of rotatable bonds is 23. The highest BCUT2D eigenvalue weighted by Gasteiger charge is 2.50. The van der Waals surface area contributed by atoms with Gasteiger partial charge >= 0.3 is 29.8 Å². The van der Waals surface area contributed by atoms with E-state index in [-0.39, 0.29) is 84.9 Å². The van der Waals surface area contributed by atoms with Crippen molar-refractivity contribution in [1.29, 1.82) is 0 Å². The molecule has 558 valence electrons. The van der Waals surface area contributed by atoms with Gasteiger partial charge in [0.15, 0.2) is 52.1 Å². The van der Waals surface area contributed by atoms with Gasteiger partial charge in [0.05, 0.1) is 97.4 Å². The number of carboxylic acid groups (broad SMARTS) is 4. The Kier molecular flexibility index (Phi) is 30.8. The normalized spacial score (nSPS) is 29.2. The summed E-state index contributed by atoms with van der Waals surface area (Å²) >= 11 is 0. The molecule has 0 unspecified atom stereocenters. The molecule has 40 nitrogen and oxygen atoms in total. The van der Waals surface area contributed by atoms with Crippen LogP contribution in [0.4, 0.5) is 0 Å². The summed E-state index contributed by atoms with van der Waals surface area (Å²) in [5.74, 6) is -6.23. The van der Waals surface area contributed by atoms with Crippen molar-refractivity contribution in [3.05, 3.63) is 93.5 Å². The Balaban J connectivity index is 0.000000241. The molecule has 0 aliphatic carbocycles. The molecule has 0 bridgehead atoms. The molecule has 4 aliphatic rings. The fourth-order valence-electron chi connectivity index (χ4n) is 9.69. The molecule has 0 spiro atoms. The molecule has 4 aromatic rings. The lowest BCUT2D eigenvalue weighted by molar-refractivity contribution is -0.277. The highest BCUT2D eigenvalue weighted by atomic mass is 16.7. The number of ether oxygens (including phenoxy) is 13. The van der Waals surface area contributed by atoms with Crippen molar-refractivity contribution in [1.82, 2.24) is 0 Å². The first-order chi connectivity index (χ1) is 47.3. The van der Waals surface area contributed by atoms with Crippen molar-refractivity contribution in [2.75, 3.05) is 55.4 Å². The van der Waals surface area contributed by atoms with Crippen LogP contribution in [0.3, 0.4) is 0 Å². The zero-order valence-electron chi connectivity index (χ0n) is 53.2. The molecule has 4 aliphatic heterocycles. The van der Waals surface area contributed by atoms with E-state index in [1.165, 1.54) is 65.9 Å². The van der Waals surface area contributed by atoms with Crippen LogP contribution in [-0.4, -0.2) is 320 Å². The molecular formula is C60H78O40. The van der Waals surface area contributed by atoms with E-state index in [0.717, 1.165) is 24.3 Å². The van der Waals surface area contributed by atoms with E-state index in [2.05, 4.69) is 4.74 Å². The fraction of sp³-hybridized carbons (Fsp3) is 0.517. The van der Waals surface area contributed by atoms with Crippen molar-refractivity contribution in [3.8, 4) is 46.0 Å². The second kappa shape index (κ2) is 37.4. The van der Waals surface area contributed by atoms with Crippen LogP contribution in [0.5, 0.6) is 46.0 Å². The molecule has 4 aromatic carbocycles. The van der Waals surface area contributed by atoms with Gasteiger partial charge in [0.25, 0.3) is 0 Å². The van der Waals surface area contributed by atoms with Crippen LogP contribution in [0.15, 0.2) is 54.6 Å².